The third-order valence-corrected chi connectivity index (χ3v) is 3.14. The van der Waals surface area contributed by atoms with Crippen molar-refractivity contribution in [3.63, 3.8) is 0 Å². The molecule has 3 nitrogen and oxygen atoms in total. The summed E-state index contributed by atoms with van der Waals surface area (Å²) in [4.78, 5) is 4.46. The van der Waals surface area contributed by atoms with Gasteiger partial charge in [-0.15, -0.1) is 0 Å². The minimum Gasteiger partial charge on any atom is -0.357 e. The first-order chi connectivity index (χ1) is 9.05. The molecule has 1 aromatic carbocycles. The van der Waals surface area contributed by atoms with Crippen molar-refractivity contribution >= 4 is 21.9 Å². The summed E-state index contributed by atoms with van der Waals surface area (Å²) < 4.78 is 14.0. The molecule has 0 bridgehead atoms. The Morgan fingerprint density at radius 3 is 2.68 bits per heavy atom. The monoisotopic (exact) mass is 329 g/mol. The molecule has 0 saturated carbocycles. The summed E-state index contributed by atoms with van der Waals surface area (Å²) in [6, 6.07) is 5.17. The van der Waals surface area contributed by atoms with E-state index in [2.05, 4.69) is 45.4 Å². The van der Waals surface area contributed by atoms with Crippen LogP contribution in [-0.4, -0.2) is 18.5 Å². The van der Waals surface area contributed by atoms with E-state index < -0.39 is 0 Å². The maximum absolute atomic E-state index is 13.3. The molecule has 0 aromatic heterocycles. The van der Waals surface area contributed by atoms with E-state index in [1.807, 2.05) is 13.0 Å². The summed E-state index contributed by atoms with van der Waals surface area (Å²) in [7, 11) is 0. The molecule has 2 N–H and O–H groups in total. The van der Waals surface area contributed by atoms with Gasteiger partial charge < -0.3 is 10.6 Å². The molecule has 0 fully saturated rings. The number of guanidine groups is 1. The number of halogens is 2. The van der Waals surface area contributed by atoms with E-state index in [-0.39, 0.29) is 5.82 Å². The Hall–Kier alpha value is -1.10. The lowest BCUT2D eigenvalue weighted by Gasteiger charge is -2.16. The largest absolute Gasteiger partial charge is 0.357 e. The molecule has 1 atom stereocenters. The van der Waals surface area contributed by atoms with Crippen molar-refractivity contribution < 1.29 is 4.39 Å². The van der Waals surface area contributed by atoms with Gasteiger partial charge in [0, 0.05) is 17.1 Å². The Labute approximate surface area is 122 Å². The summed E-state index contributed by atoms with van der Waals surface area (Å²) in [6.07, 6.45) is 1.02. The van der Waals surface area contributed by atoms with Crippen molar-refractivity contribution in [2.75, 3.05) is 6.54 Å². The molecule has 19 heavy (non-hydrogen) atoms. The minimum absolute atomic E-state index is 0.250. The number of nitrogens with one attached hydrogen (secondary N) is 2. The number of benzene rings is 1. The van der Waals surface area contributed by atoms with Gasteiger partial charge in [-0.2, -0.15) is 0 Å². The fourth-order valence-electron chi connectivity index (χ4n) is 1.53. The zero-order valence-electron chi connectivity index (χ0n) is 11.6. The van der Waals surface area contributed by atoms with Crippen LogP contribution in [0.3, 0.4) is 0 Å². The van der Waals surface area contributed by atoms with Crippen molar-refractivity contribution in [2.24, 2.45) is 4.99 Å². The molecule has 106 valence electrons. The van der Waals surface area contributed by atoms with Crippen molar-refractivity contribution in [1.82, 2.24) is 10.6 Å². The first-order valence-corrected chi connectivity index (χ1v) is 7.34. The Balaban J connectivity index is 2.73. The summed E-state index contributed by atoms with van der Waals surface area (Å²) in [5, 5.41) is 6.48. The molecule has 5 heteroatoms. The predicted octanol–water partition coefficient (Wildman–Crippen LogP) is 3.44. The summed E-state index contributed by atoms with van der Waals surface area (Å²) in [6.45, 7) is 7.49. The van der Waals surface area contributed by atoms with Gasteiger partial charge in [-0.3, -0.25) is 0 Å². The van der Waals surface area contributed by atoms with Gasteiger partial charge in [0.2, 0.25) is 0 Å². The van der Waals surface area contributed by atoms with Gasteiger partial charge >= 0.3 is 0 Å². The molecule has 0 aliphatic carbocycles. The molecule has 0 aliphatic rings. The minimum atomic E-state index is -0.250. The maximum atomic E-state index is 13.3. The third kappa shape index (κ3) is 6.05. The number of aliphatic imine (C=N–C) groups is 1. The predicted molar refractivity (Wildman–Crippen MR) is 81.8 cm³/mol. The van der Waals surface area contributed by atoms with Crippen molar-refractivity contribution in [3.8, 4) is 0 Å². The summed E-state index contributed by atoms with van der Waals surface area (Å²) >= 11 is 3.28. The van der Waals surface area contributed by atoms with Crippen LogP contribution in [0.15, 0.2) is 27.7 Å². The average Bonchev–Trinajstić information content (AvgIpc) is 2.35. The van der Waals surface area contributed by atoms with Crippen LogP contribution in [-0.2, 0) is 6.54 Å². The van der Waals surface area contributed by atoms with Crippen molar-refractivity contribution in [3.05, 3.63) is 34.1 Å². The second-order valence-corrected chi connectivity index (χ2v) is 5.34. The van der Waals surface area contributed by atoms with Gasteiger partial charge in [0.1, 0.15) is 5.82 Å². The molecule has 0 aliphatic heterocycles. The SMILES string of the molecule is CCNC(=NCc1cc(F)cc(Br)c1)NC(C)CC. The Bertz CT molecular complexity index is 414. The number of rotatable bonds is 5. The zero-order chi connectivity index (χ0) is 14.3. The molecule has 0 spiro atoms. The standard InChI is InChI=1S/C14H21BrFN3/c1-4-10(3)19-14(17-5-2)18-9-11-6-12(15)8-13(16)7-11/h6-8,10H,4-5,9H2,1-3H3,(H2,17,18,19). The molecular formula is C14H21BrFN3. The second-order valence-electron chi connectivity index (χ2n) is 4.43. The molecule has 0 heterocycles. The Morgan fingerprint density at radius 2 is 2.11 bits per heavy atom. The van der Waals surface area contributed by atoms with Gasteiger partial charge in [0.15, 0.2) is 5.96 Å². The van der Waals surface area contributed by atoms with Crippen LogP contribution in [0.1, 0.15) is 32.8 Å². The summed E-state index contributed by atoms with van der Waals surface area (Å²) in [5.74, 6) is 0.511. The maximum Gasteiger partial charge on any atom is 0.191 e. The van der Waals surface area contributed by atoms with Crippen LogP contribution in [0.2, 0.25) is 0 Å². The van der Waals surface area contributed by atoms with Gasteiger partial charge in [-0.05, 0) is 44.0 Å². The van der Waals surface area contributed by atoms with E-state index in [1.165, 1.54) is 12.1 Å². The van der Waals surface area contributed by atoms with Crippen LogP contribution in [0, 0.1) is 5.82 Å². The highest BCUT2D eigenvalue weighted by Gasteiger charge is 2.03. The molecule has 1 unspecified atom stereocenters. The lowest BCUT2D eigenvalue weighted by Crippen LogP contribution is -2.41. The van der Waals surface area contributed by atoms with Gasteiger partial charge in [-0.25, -0.2) is 9.38 Å². The van der Waals surface area contributed by atoms with Gasteiger partial charge in [0.25, 0.3) is 0 Å². The van der Waals surface area contributed by atoms with E-state index in [9.17, 15) is 4.39 Å². The van der Waals surface area contributed by atoms with Crippen LogP contribution in [0.4, 0.5) is 4.39 Å². The topological polar surface area (TPSA) is 36.4 Å². The quantitative estimate of drug-likeness (QED) is 0.641. The van der Waals surface area contributed by atoms with Crippen molar-refractivity contribution in [2.45, 2.75) is 39.8 Å². The molecule has 0 amide bonds. The number of nitrogens with zero attached hydrogens (tertiary/aromatic N) is 1. The lowest BCUT2D eigenvalue weighted by atomic mass is 10.2. The van der Waals surface area contributed by atoms with Gasteiger partial charge in [0.05, 0.1) is 6.54 Å². The van der Waals surface area contributed by atoms with E-state index in [4.69, 9.17) is 0 Å². The fourth-order valence-corrected chi connectivity index (χ4v) is 2.04. The molecule has 1 aromatic rings. The lowest BCUT2D eigenvalue weighted by molar-refractivity contribution is 0.620. The normalized spacial score (nSPS) is 13.2. The highest BCUT2D eigenvalue weighted by Crippen LogP contribution is 2.15. The fraction of sp³-hybridized carbons (Fsp3) is 0.500. The van der Waals surface area contributed by atoms with Crippen LogP contribution in [0.5, 0.6) is 0 Å². The second kappa shape index (κ2) is 8.15. The van der Waals surface area contributed by atoms with Crippen molar-refractivity contribution in [1.29, 1.82) is 0 Å². The first-order valence-electron chi connectivity index (χ1n) is 6.55. The van der Waals surface area contributed by atoms with E-state index in [1.54, 1.807) is 0 Å². The van der Waals surface area contributed by atoms with Crippen LogP contribution < -0.4 is 10.6 Å². The van der Waals surface area contributed by atoms with Crippen LogP contribution >= 0.6 is 15.9 Å². The molecule has 0 radical (unpaired) electrons. The summed E-state index contributed by atoms with van der Waals surface area (Å²) in [5.41, 5.74) is 0.841. The highest BCUT2D eigenvalue weighted by atomic mass is 79.9. The molecular weight excluding hydrogens is 309 g/mol. The highest BCUT2D eigenvalue weighted by molar-refractivity contribution is 9.10. The zero-order valence-corrected chi connectivity index (χ0v) is 13.2. The van der Waals surface area contributed by atoms with Gasteiger partial charge in [-0.1, -0.05) is 22.9 Å². The third-order valence-electron chi connectivity index (χ3n) is 2.68. The van der Waals surface area contributed by atoms with E-state index in [0.717, 1.165) is 29.0 Å². The smallest absolute Gasteiger partial charge is 0.191 e. The average molecular weight is 330 g/mol. The number of hydrogen-bond donors (Lipinski definition) is 2. The van der Waals surface area contributed by atoms with Crippen LogP contribution in [0.25, 0.3) is 0 Å². The number of hydrogen-bond acceptors (Lipinski definition) is 1. The Kier molecular flexibility index (Phi) is 6.84. The molecule has 0 saturated heterocycles. The van der Waals surface area contributed by atoms with E-state index in [0.29, 0.717) is 12.6 Å². The Morgan fingerprint density at radius 1 is 1.37 bits per heavy atom. The molecule has 1 rings (SSSR count). The first kappa shape index (κ1) is 16.0. The van der Waals surface area contributed by atoms with E-state index >= 15 is 0 Å².